The van der Waals surface area contributed by atoms with Gasteiger partial charge in [0.15, 0.2) is 0 Å². The minimum atomic E-state index is -3.36. The summed E-state index contributed by atoms with van der Waals surface area (Å²) in [7, 11) is -3.36. The molecule has 114 valence electrons. The van der Waals surface area contributed by atoms with Gasteiger partial charge in [-0.2, -0.15) is 4.31 Å². The Bertz CT molecular complexity index is 532. The Balaban J connectivity index is 2.16. The van der Waals surface area contributed by atoms with Crippen molar-refractivity contribution in [3.63, 3.8) is 0 Å². The van der Waals surface area contributed by atoms with Gasteiger partial charge < -0.3 is 5.11 Å². The topological polar surface area (TPSA) is 57.6 Å². The summed E-state index contributed by atoms with van der Waals surface area (Å²) >= 11 is 1.28. The second kappa shape index (κ2) is 6.56. The predicted octanol–water partition coefficient (Wildman–Crippen LogP) is 2.48. The van der Waals surface area contributed by atoms with Crippen molar-refractivity contribution >= 4 is 21.4 Å². The van der Waals surface area contributed by atoms with Crippen molar-refractivity contribution in [3.8, 4) is 0 Å². The van der Waals surface area contributed by atoms with Crippen LogP contribution in [0.4, 0.5) is 0 Å². The summed E-state index contributed by atoms with van der Waals surface area (Å²) in [6.07, 6.45) is 3.37. The Morgan fingerprint density at radius 3 is 2.65 bits per heavy atom. The number of hydrogen-bond donors (Lipinski definition) is 1. The summed E-state index contributed by atoms with van der Waals surface area (Å²) in [4.78, 5) is 0.922. The zero-order chi connectivity index (χ0) is 14.8. The lowest BCUT2D eigenvalue weighted by molar-refractivity contribution is 0.300. The van der Waals surface area contributed by atoms with Crippen molar-refractivity contribution in [3.05, 3.63) is 17.0 Å². The van der Waals surface area contributed by atoms with Crippen LogP contribution < -0.4 is 0 Å². The molecule has 1 aromatic rings. The van der Waals surface area contributed by atoms with E-state index in [1.165, 1.54) is 11.3 Å². The number of thiophene rings is 1. The van der Waals surface area contributed by atoms with Crippen molar-refractivity contribution in [1.29, 1.82) is 0 Å². The van der Waals surface area contributed by atoms with Gasteiger partial charge in [0, 0.05) is 30.5 Å². The minimum Gasteiger partial charge on any atom is -0.396 e. The van der Waals surface area contributed by atoms with E-state index < -0.39 is 10.0 Å². The quantitative estimate of drug-likeness (QED) is 0.801. The van der Waals surface area contributed by atoms with Gasteiger partial charge >= 0.3 is 0 Å². The molecule has 0 aliphatic heterocycles. The first kappa shape index (κ1) is 15.9. The first-order valence-electron chi connectivity index (χ1n) is 7.16. The first-order chi connectivity index (χ1) is 9.45. The highest BCUT2D eigenvalue weighted by Crippen LogP contribution is 2.34. The average molecular weight is 317 g/mol. The van der Waals surface area contributed by atoms with Crippen LogP contribution in [-0.2, 0) is 16.4 Å². The molecule has 1 aliphatic rings. The van der Waals surface area contributed by atoms with E-state index in [1.807, 2.05) is 0 Å². The Labute approximate surface area is 125 Å². The van der Waals surface area contributed by atoms with Gasteiger partial charge in [-0.1, -0.05) is 13.8 Å². The van der Waals surface area contributed by atoms with E-state index in [1.54, 1.807) is 16.4 Å². The average Bonchev–Trinajstić information content (AvgIpc) is 3.07. The smallest absolute Gasteiger partial charge is 0.252 e. The van der Waals surface area contributed by atoms with E-state index in [0.29, 0.717) is 23.1 Å². The molecular formula is C14H23NO3S2. The molecule has 1 N–H and O–H groups in total. The number of sulfonamides is 1. The van der Waals surface area contributed by atoms with E-state index in [4.69, 9.17) is 5.11 Å². The lowest BCUT2D eigenvalue weighted by Gasteiger charge is -2.21. The van der Waals surface area contributed by atoms with Gasteiger partial charge in [0.2, 0.25) is 0 Å². The van der Waals surface area contributed by atoms with Gasteiger partial charge in [-0.15, -0.1) is 11.3 Å². The molecule has 0 saturated heterocycles. The zero-order valence-corrected chi connectivity index (χ0v) is 13.7. The maximum Gasteiger partial charge on any atom is 0.252 e. The fourth-order valence-corrected chi connectivity index (χ4v) is 5.28. The van der Waals surface area contributed by atoms with E-state index in [0.717, 1.165) is 24.1 Å². The summed E-state index contributed by atoms with van der Waals surface area (Å²) in [6.45, 7) is 4.89. The predicted molar refractivity (Wildman–Crippen MR) is 81.5 cm³/mol. The molecular weight excluding hydrogens is 294 g/mol. The second-order valence-electron chi connectivity index (χ2n) is 5.72. The highest BCUT2D eigenvalue weighted by molar-refractivity contribution is 7.91. The van der Waals surface area contributed by atoms with Crippen LogP contribution >= 0.6 is 11.3 Å². The molecule has 0 atom stereocenters. The van der Waals surface area contributed by atoms with Gasteiger partial charge in [0.1, 0.15) is 4.21 Å². The van der Waals surface area contributed by atoms with Crippen molar-refractivity contribution in [2.75, 3.05) is 13.2 Å². The summed E-state index contributed by atoms with van der Waals surface area (Å²) in [5.41, 5.74) is 0. The van der Waals surface area contributed by atoms with Gasteiger partial charge in [0.25, 0.3) is 10.0 Å². The van der Waals surface area contributed by atoms with Crippen LogP contribution in [0.1, 0.15) is 38.0 Å². The van der Waals surface area contributed by atoms with E-state index in [9.17, 15) is 8.42 Å². The monoisotopic (exact) mass is 317 g/mol. The molecule has 1 fully saturated rings. The number of aliphatic hydroxyl groups is 1. The van der Waals surface area contributed by atoms with Gasteiger partial charge in [0.05, 0.1) is 0 Å². The Morgan fingerprint density at radius 2 is 2.10 bits per heavy atom. The molecule has 1 saturated carbocycles. The molecule has 0 bridgehead atoms. The standard InChI is InChI=1S/C14H23NO3S2/c1-11(2)7-9-15(12-3-4-12)20(17,18)14-6-5-13(19-14)8-10-16/h5-6,11-12,16H,3-4,7-10H2,1-2H3. The second-order valence-corrected chi connectivity index (χ2v) is 9.01. The van der Waals surface area contributed by atoms with Crippen LogP contribution in [0.15, 0.2) is 16.3 Å². The minimum absolute atomic E-state index is 0.0552. The number of aliphatic hydroxyl groups excluding tert-OH is 1. The van der Waals surface area contributed by atoms with Crippen molar-refractivity contribution in [2.45, 2.75) is 49.8 Å². The summed E-state index contributed by atoms with van der Waals surface area (Å²) in [5, 5.41) is 8.93. The maximum atomic E-state index is 12.7. The zero-order valence-electron chi connectivity index (χ0n) is 12.1. The molecule has 4 nitrogen and oxygen atoms in total. The SMILES string of the molecule is CC(C)CCN(C1CC1)S(=O)(=O)c1ccc(CCO)s1. The number of rotatable bonds is 8. The number of hydrogen-bond acceptors (Lipinski definition) is 4. The molecule has 1 aromatic heterocycles. The summed E-state index contributed by atoms with van der Waals surface area (Å²) in [6, 6.07) is 3.68. The van der Waals surface area contributed by atoms with Crippen LogP contribution in [0.5, 0.6) is 0 Å². The molecule has 1 heterocycles. The van der Waals surface area contributed by atoms with Crippen LogP contribution in [0.3, 0.4) is 0 Å². The molecule has 20 heavy (non-hydrogen) atoms. The van der Waals surface area contributed by atoms with E-state index in [2.05, 4.69) is 13.8 Å². The molecule has 0 amide bonds. The normalized spacial score (nSPS) is 16.2. The van der Waals surface area contributed by atoms with Crippen LogP contribution in [0.2, 0.25) is 0 Å². The third-order valence-electron chi connectivity index (χ3n) is 3.44. The molecule has 1 aliphatic carbocycles. The van der Waals surface area contributed by atoms with Crippen LogP contribution in [0.25, 0.3) is 0 Å². The number of nitrogens with zero attached hydrogens (tertiary/aromatic N) is 1. The molecule has 2 rings (SSSR count). The van der Waals surface area contributed by atoms with Gasteiger partial charge in [-0.05, 0) is 37.3 Å². The van der Waals surface area contributed by atoms with Crippen molar-refractivity contribution in [2.24, 2.45) is 5.92 Å². The van der Waals surface area contributed by atoms with Crippen LogP contribution in [0, 0.1) is 5.92 Å². The fraction of sp³-hybridized carbons (Fsp3) is 0.714. The molecule has 0 unspecified atom stereocenters. The lowest BCUT2D eigenvalue weighted by atomic mass is 10.1. The van der Waals surface area contributed by atoms with E-state index >= 15 is 0 Å². The molecule has 0 aromatic carbocycles. The molecule has 6 heteroatoms. The molecule has 0 spiro atoms. The van der Waals surface area contributed by atoms with Gasteiger partial charge in [-0.25, -0.2) is 8.42 Å². The summed E-state index contributed by atoms with van der Waals surface area (Å²) < 4.78 is 27.5. The highest BCUT2D eigenvalue weighted by atomic mass is 32.2. The van der Waals surface area contributed by atoms with Crippen molar-refractivity contribution < 1.29 is 13.5 Å². The van der Waals surface area contributed by atoms with Crippen LogP contribution in [-0.4, -0.2) is 37.0 Å². The van der Waals surface area contributed by atoms with Crippen molar-refractivity contribution in [1.82, 2.24) is 4.31 Å². The Kier molecular flexibility index (Phi) is 5.23. The Hall–Kier alpha value is -0.430. The summed E-state index contributed by atoms with van der Waals surface area (Å²) in [5.74, 6) is 0.500. The highest BCUT2D eigenvalue weighted by Gasteiger charge is 2.38. The third-order valence-corrected chi connectivity index (χ3v) is 7.00. The Morgan fingerprint density at radius 1 is 1.40 bits per heavy atom. The van der Waals surface area contributed by atoms with E-state index in [-0.39, 0.29) is 12.6 Å². The maximum absolute atomic E-state index is 12.7. The van der Waals surface area contributed by atoms with Gasteiger partial charge in [-0.3, -0.25) is 0 Å². The first-order valence-corrected chi connectivity index (χ1v) is 9.42. The lowest BCUT2D eigenvalue weighted by Crippen LogP contribution is -2.34. The fourth-order valence-electron chi connectivity index (χ4n) is 2.10. The third kappa shape index (κ3) is 3.81. The largest absolute Gasteiger partial charge is 0.396 e. The molecule has 0 radical (unpaired) electrons.